The van der Waals surface area contributed by atoms with E-state index in [0.717, 1.165) is 10.8 Å². The van der Waals surface area contributed by atoms with E-state index in [1.807, 2.05) is 0 Å². The SMILES string of the molecule is O=C([O-])C1=C[C@H](n2cc3ccccc3n2)[C@@H](NC(=O)C(F)(F)F)[C@H]([C@H](O)[C@H](O)CO)O1.[Na+]. The first-order valence-electron chi connectivity index (χ1n) is 8.91. The number of amides is 1. The Labute approximate surface area is 200 Å². The van der Waals surface area contributed by atoms with Crippen molar-refractivity contribution in [2.24, 2.45) is 0 Å². The summed E-state index contributed by atoms with van der Waals surface area (Å²) in [7, 11) is 0. The van der Waals surface area contributed by atoms with E-state index in [1.165, 1.54) is 6.20 Å². The summed E-state index contributed by atoms with van der Waals surface area (Å²) in [5.41, 5.74) is 0.422. The first-order valence-corrected chi connectivity index (χ1v) is 8.91. The average Bonchev–Trinajstić information content (AvgIpc) is 3.15. The monoisotopic (exact) mass is 467 g/mol. The molecule has 0 radical (unpaired) electrons. The van der Waals surface area contributed by atoms with Crippen molar-refractivity contribution in [3.05, 3.63) is 42.3 Å². The average molecular weight is 467 g/mol. The largest absolute Gasteiger partial charge is 1.00 e. The minimum atomic E-state index is -5.30. The van der Waals surface area contributed by atoms with Crippen LogP contribution in [0.4, 0.5) is 13.2 Å². The molecule has 2 aromatic rings. The second-order valence-electron chi connectivity index (χ2n) is 6.80. The third-order valence-electron chi connectivity index (χ3n) is 4.72. The van der Waals surface area contributed by atoms with Gasteiger partial charge in [-0.15, -0.1) is 0 Å². The van der Waals surface area contributed by atoms with E-state index >= 15 is 0 Å². The number of benzene rings is 1. The molecule has 14 heteroatoms. The van der Waals surface area contributed by atoms with E-state index in [4.69, 9.17) is 9.84 Å². The number of nitrogens with zero attached hydrogens (tertiary/aromatic N) is 2. The van der Waals surface area contributed by atoms with Crippen molar-refractivity contribution in [2.75, 3.05) is 6.61 Å². The molecule has 1 amide bonds. The third-order valence-corrected chi connectivity index (χ3v) is 4.72. The summed E-state index contributed by atoms with van der Waals surface area (Å²) >= 11 is 0. The van der Waals surface area contributed by atoms with E-state index in [0.29, 0.717) is 10.9 Å². The maximum atomic E-state index is 12.9. The molecule has 1 aromatic heterocycles. The number of fused-ring (bicyclic) bond motifs is 1. The molecule has 0 spiro atoms. The number of aromatic nitrogens is 2. The van der Waals surface area contributed by atoms with Crippen molar-refractivity contribution in [3.8, 4) is 0 Å². The molecule has 168 valence electrons. The number of rotatable bonds is 6. The van der Waals surface area contributed by atoms with Crippen molar-refractivity contribution in [3.63, 3.8) is 0 Å². The first kappa shape index (κ1) is 26.1. The molecule has 10 nitrogen and oxygen atoms in total. The molecular formula is C18H17F3N3NaO7. The van der Waals surface area contributed by atoms with E-state index in [-0.39, 0.29) is 29.6 Å². The zero-order valence-corrected chi connectivity index (χ0v) is 18.6. The number of carbonyl (C=O) groups is 2. The molecule has 0 saturated heterocycles. The summed E-state index contributed by atoms with van der Waals surface area (Å²) in [5, 5.41) is 47.0. The smallest absolute Gasteiger partial charge is 0.542 e. The van der Waals surface area contributed by atoms with Gasteiger partial charge in [-0.1, -0.05) is 18.2 Å². The van der Waals surface area contributed by atoms with Crippen molar-refractivity contribution >= 4 is 22.8 Å². The number of alkyl halides is 3. The summed E-state index contributed by atoms with van der Waals surface area (Å²) in [5.74, 6) is -5.09. The molecule has 1 aromatic carbocycles. The Balaban J connectivity index is 0.00000363. The van der Waals surface area contributed by atoms with Crippen LogP contribution in [0, 0.1) is 0 Å². The molecule has 2 heterocycles. The maximum absolute atomic E-state index is 12.9. The van der Waals surface area contributed by atoms with E-state index in [1.54, 1.807) is 29.6 Å². The molecule has 0 fully saturated rings. The number of aliphatic carboxylic acids is 1. The van der Waals surface area contributed by atoms with Crippen LogP contribution in [0.1, 0.15) is 6.04 Å². The van der Waals surface area contributed by atoms with Crippen LogP contribution < -0.4 is 40.0 Å². The zero-order valence-electron chi connectivity index (χ0n) is 16.6. The van der Waals surface area contributed by atoms with Gasteiger partial charge in [-0.05, 0) is 12.1 Å². The summed E-state index contributed by atoms with van der Waals surface area (Å²) in [6, 6.07) is 3.45. The van der Waals surface area contributed by atoms with Gasteiger partial charge in [0.1, 0.15) is 30.0 Å². The number of hydrogen-bond acceptors (Lipinski definition) is 8. The second-order valence-corrected chi connectivity index (χ2v) is 6.80. The van der Waals surface area contributed by atoms with Crippen molar-refractivity contribution in [2.45, 2.75) is 36.6 Å². The van der Waals surface area contributed by atoms with Crippen molar-refractivity contribution in [1.82, 2.24) is 15.1 Å². The standard InChI is InChI=1S/C18H18F3N3O7.Na/c19-18(20,21)17(30)22-13-10(24-6-8-3-1-2-4-9(8)23-24)5-12(16(28)29)31-15(13)14(27)11(26)7-25;/h1-6,10-11,13-15,25-27H,7H2,(H,22,30)(H,28,29);/q;+1/p-1/t10-,11+,13+,14+,15+;/m0./s1. The van der Waals surface area contributed by atoms with Crippen LogP contribution in [0.25, 0.3) is 10.9 Å². The van der Waals surface area contributed by atoms with Crippen LogP contribution in [0.15, 0.2) is 42.3 Å². The van der Waals surface area contributed by atoms with E-state index in [2.05, 4.69) is 5.10 Å². The molecule has 0 saturated carbocycles. The molecular weight excluding hydrogens is 450 g/mol. The van der Waals surface area contributed by atoms with Crippen LogP contribution in [0.2, 0.25) is 0 Å². The Morgan fingerprint density at radius 2 is 1.94 bits per heavy atom. The quantitative estimate of drug-likeness (QED) is 0.309. The minimum Gasteiger partial charge on any atom is -0.542 e. The van der Waals surface area contributed by atoms with Gasteiger partial charge >= 0.3 is 41.6 Å². The number of nitrogens with one attached hydrogen (secondary N) is 1. The van der Waals surface area contributed by atoms with Gasteiger partial charge in [0.15, 0.2) is 0 Å². The number of carbonyl (C=O) groups excluding carboxylic acids is 2. The number of carboxylic acid groups (broad SMARTS) is 1. The molecule has 0 bridgehead atoms. The van der Waals surface area contributed by atoms with Gasteiger partial charge in [-0.3, -0.25) is 9.48 Å². The second kappa shape index (κ2) is 10.2. The van der Waals surface area contributed by atoms with Gasteiger partial charge < -0.3 is 35.3 Å². The van der Waals surface area contributed by atoms with Crippen LogP contribution in [-0.2, 0) is 14.3 Å². The fourth-order valence-electron chi connectivity index (χ4n) is 3.22. The number of hydrogen-bond donors (Lipinski definition) is 4. The molecule has 0 aliphatic carbocycles. The molecule has 0 unspecified atom stereocenters. The normalized spacial score (nSPS) is 22.8. The van der Waals surface area contributed by atoms with Gasteiger partial charge in [-0.2, -0.15) is 18.3 Å². The number of ether oxygens (including phenoxy) is 1. The predicted molar refractivity (Wildman–Crippen MR) is 93.8 cm³/mol. The van der Waals surface area contributed by atoms with Gasteiger partial charge in [0.2, 0.25) is 0 Å². The number of aliphatic hydroxyl groups is 3. The van der Waals surface area contributed by atoms with Crippen LogP contribution >= 0.6 is 0 Å². The van der Waals surface area contributed by atoms with E-state index < -0.39 is 60.8 Å². The Bertz CT molecular complexity index is 980. The summed E-state index contributed by atoms with van der Waals surface area (Å²) in [6.45, 7) is -1.01. The summed E-state index contributed by atoms with van der Waals surface area (Å²) in [6.07, 6.45) is -8.91. The van der Waals surface area contributed by atoms with Gasteiger partial charge in [0.05, 0.1) is 24.2 Å². The summed E-state index contributed by atoms with van der Waals surface area (Å²) in [4.78, 5) is 23.0. The molecule has 5 atom stereocenters. The molecule has 1 aliphatic heterocycles. The van der Waals surface area contributed by atoms with Crippen LogP contribution in [0.5, 0.6) is 0 Å². The van der Waals surface area contributed by atoms with Crippen LogP contribution in [0.3, 0.4) is 0 Å². The predicted octanol–water partition coefficient (Wildman–Crippen LogP) is -4.62. The fourth-order valence-corrected chi connectivity index (χ4v) is 3.22. The number of carboxylic acids is 1. The van der Waals surface area contributed by atoms with Gasteiger partial charge in [0, 0.05) is 11.6 Å². The number of halogens is 3. The Hall–Kier alpha value is -2.16. The maximum Gasteiger partial charge on any atom is 1.00 e. The Morgan fingerprint density at radius 3 is 2.50 bits per heavy atom. The van der Waals surface area contributed by atoms with Crippen molar-refractivity contribution < 1.29 is 77.5 Å². The Kier molecular flexibility index (Phi) is 8.31. The number of aliphatic hydroxyl groups excluding tert-OH is 3. The molecule has 4 N–H and O–H groups in total. The molecule has 3 rings (SSSR count). The molecule has 1 aliphatic rings. The zero-order chi connectivity index (χ0) is 22.9. The minimum absolute atomic E-state index is 0. The Morgan fingerprint density at radius 1 is 1.28 bits per heavy atom. The van der Waals surface area contributed by atoms with Gasteiger partial charge in [0.25, 0.3) is 0 Å². The van der Waals surface area contributed by atoms with Gasteiger partial charge in [-0.25, -0.2) is 0 Å². The molecule has 32 heavy (non-hydrogen) atoms. The van der Waals surface area contributed by atoms with E-state index in [9.17, 15) is 38.1 Å². The van der Waals surface area contributed by atoms with Crippen molar-refractivity contribution in [1.29, 1.82) is 0 Å². The third kappa shape index (κ3) is 5.42. The summed E-state index contributed by atoms with van der Waals surface area (Å²) < 4.78 is 44.9. The topological polar surface area (TPSA) is 157 Å². The first-order chi connectivity index (χ1) is 14.5. The fraction of sp³-hybridized carbons (Fsp3) is 0.389. The van der Waals surface area contributed by atoms with Crippen LogP contribution in [-0.4, -0.2) is 74.1 Å².